The molecule has 0 spiro atoms. The zero-order chi connectivity index (χ0) is 20.5. The fourth-order valence-corrected chi connectivity index (χ4v) is 2.59. The van der Waals surface area contributed by atoms with Gasteiger partial charge in [-0.15, -0.1) is 0 Å². The topological polar surface area (TPSA) is 81.7 Å². The molecule has 0 aromatic heterocycles. The molecule has 0 bridgehead atoms. The summed E-state index contributed by atoms with van der Waals surface area (Å²) < 4.78 is 10.6. The van der Waals surface area contributed by atoms with Gasteiger partial charge in [-0.25, -0.2) is 4.79 Å². The lowest BCUT2D eigenvalue weighted by Gasteiger charge is -2.21. The first kappa shape index (κ1) is 21.2. The molecule has 1 N–H and O–H groups in total. The highest BCUT2D eigenvalue weighted by Crippen LogP contribution is 2.18. The number of ether oxygens (including phenoxy) is 2. The van der Waals surface area contributed by atoms with Gasteiger partial charge in [0.25, 0.3) is 5.91 Å². The number of hydrogen-bond donors (Lipinski definition) is 1. The van der Waals surface area contributed by atoms with E-state index in [4.69, 9.17) is 9.47 Å². The second-order valence-corrected chi connectivity index (χ2v) is 6.52. The van der Waals surface area contributed by atoms with Crippen LogP contribution in [0.5, 0.6) is 5.75 Å². The highest BCUT2D eigenvalue weighted by molar-refractivity contribution is 6.00. The summed E-state index contributed by atoms with van der Waals surface area (Å²) in [5.74, 6) is -1.17. The fourth-order valence-electron chi connectivity index (χ4n) is 2.59. The molecule has 1 amide bonds. The molecule has 148 valence electrons. The number of nitrogens with one attached hydrogen (secondary N) is 1. The summed E-state index contributed by atoms with van der Waals surface area (Å²) >= 11 is 0. The number of hydrogen-bond acceptors (Lipinski definition) is 5. The summed E-state index contributed by atoms with van der Waals surface area (Å²) in [7, 11) is 0. The van der Waals surface area contributed by atoms with Gasteiger partial charge < -0.3 is 14.8 Å². The van der Waals surface area contributed by atoms with Gasteiger partial charge >= 0.3 is 5.97 Å². The Balaban J connectivity index is 2.03. The van der Waals surface area contributed by atoms with Crippen LogP contribution in [0.4, 0.5) is 0 Å². The molecule has 6 heteroatoms. The van der Waals surface area contributed by atoms with Crippen molar-refractivity contribution in [3.63, 3.8) is 0 Å². The molecule has 2 rings (SSSR count). The van der Waals surface area contributed by atoms with Gasteiger partial charge in [0.2, 0.25) is 0 Å². The van der Waals surface area contributed by atoms with Crippen molar-refractivity contribution in [2.45, 2.75) is 26.8 Å². The van der Waals surface area contributed by atoms with E-state index in [2.05, 4.69) is 5.32 Å². The molecule has 28 heavy (non-hydrogen) atoms. The summed E-state index contributed by atoms with van der Waals surface area (Å²) in [6.45, 7) is 5.45. The van der Waals surface area contributed by atoms with E-state index in [0.717, 1.165) is 0 Å². The van der Waals surface area contributed by atoms with Crippen molar-refractivity contribution in [3.05, 3.63) is 65.7 Å². The van der Waals surface area contributed by atoms with Crippen molar-refractivity contribution < 1.29 is 23.9 Å². The van der Waals surface area contributed by atoms with Crippen molar-refractivity contribution in [2.24, 2.45) is 5.92 Å². The van der Waals surface area contributed by atoms with E-state index in [1.807, 2.05) is 6.92 Å². The molecule has 2 aromatic carbocycles. The second kappa shape index (κ2) is 10.3. The average molecular weight is 383 g/mol. The lowest BCUT2D eigenvalue weighted by molar-refractivity contribution is -0.145. The molecule has 0 fully saturated rings. The molecule has 0 heterocycles. The predicted molar refractivity (Wildman–Crippen MR) is 105 cm³/mol. The SMILES string of the molecule is CCOc1ccccc1C(=O)N[C@H](C(=O)OCC(=O)c1ccccc1)C(C)C. The van der Waals surface area contributed by atoms with Crippen LogP contribution in [0.2, 0.25) is 0 Å². The molecule has 6 nitrogen and oxygen atoms in total. The molecule has 0 aliphatic rings. The van der Waals surface area contributed by atoms with Gasteiger partial charge in [0, 0.05) is 5.56 Å². The van der Waals surface area contributed by atoms with Crippen LogP contribution in [-0.2, 0) is 9.53 Å². The predicted octanol–water partition coefficient (Wildman–Crippen LogP) is 3.27. The zero-order valence-electron chi connectivity index (χ0n) is 16.3. The number of carbonyl (C=O) groups is 3. The van der Waals surface area contributed by atoms with Crippen LogP contribution in [0.1, 0.15) is 41.5 Å². The van der Waals surface area contributed by atoms with E-state index >= 15 is 0 Å². The van der Waals surface area contributed by atoms with Gasteiger partial charge in [0.1, 0.15) is 11.8 Å². The lowest BCUT2D eigenvalue weighted by atomic mass is 10.0. The lowest BCUT2D eigenvalue weighted by Crippen LogP contribution is -2.45. The second-order valence-electron chi connectivity index (χ2n) is 6.52. The monoisotopic (exact) mass is 383 g/mol. The Morgan fingerprint density at radius 1 is 0.964 bits per heavy atom. The molecule has 1 atom stereocenters. The summed E-state index contributed by atoms with van der Waals surface area (Å²) in [5, 5.41) is 2.69. The Bertz CT molecular complexity index is 817. The highest BCUT2D eigenvalue weighted by Gasteiger charge is 2.27. The van der Waals surface area contributed by atoms with E-state index in [9.17, 15) is 14.4 Å². The van der Waals surface area contributed by atoms with Crippen LogP contribution < -0.4 is 10.1 Å². The van der Waals surface area contributed by atoms with Gasteiger partial charge in [-0.1, -0.05) is 56.3 Å². The molecular weight excluding hydrogens is 358 g/mol. The third-order valence-corrected chi connectivity index (χ3v) is 4.08. The number of carbonyl (C=O) groups excluding carboxylic acids is 3. The van der Waals surface area contributed by atoms with E-state index in [-0.39, 0.29) is 18.3 Å². The minimum Gasteiger partial charge on any atom is -0.493 e. The van der Waals surface area contributed by atoms with Crippen LogP contribution in [-0.4, -0.2) is 36.9 Å². The maximum absolute atomic E-state index is 12.7. The normalized spacial score (nSPS) is 11.6. The van der Waals surface area contributed by atoms with Crippen molar-refractivity contribution in [2.75, 3.05) is 13.2 Å². The number of amides is 1. The quantitative estimate of drug-likeness (QED) is 0.531. The molecular formula is C22H25NO5. The number of rotatable bonds is 9. The van der Waals surface area contributed by atoms with E-state index in [1.165, 1.54) is 0 Å². The first-order valence-electron chi connectivity index (χ1n) is 9.21. The fraction of sp³-hybridized carbons (Fsp3) is 0.318. The van der Waals surface area contributed by atoms with Gasteiger partial charge in [0.15, 0.2) is 12.4 Å². The van der Waals surface area contributed by atoms with Crippen LogP contribution in [0, 0.1) is 5.92 Å². The number of esters is 1. The van der Waals surface area contributed by atoms with E-state index in [0.29, 0.717) is 23.5 Å². The Hall–Kier alpha value is -3.15. The first-order valence-corrected chi connectivity index (χ1v) is 9.21. The Labute approximate surface area is 164 Å². The van der Waals surface area contributed by atoms with E-state index < -0.39 is 17.9 Å². The first-order chi connectivity index (χ1) is 13.4. The summed E-state index contributed by atoms with van der Waals surface area (Å²) in [6.07, 6.45) is 0. The van der Waals surface area contributed by atoms with Crippen LogP contribution >= 0.6 is 0 Å². The van der Waals surface area contributed by atoms with Crippen molar-refractivity contribution in [3.8, 4) is 5.75 Å². The Morgan fingerprint density at radius 3 is 2.25 bits per heavy atom. The molecule has 0 aliphatic heterocycles. The van der Waals surface area contributed by atoms with Crippen LogP contribution in [0.15, 0.2) is 54.6 Å². The molecule has 0 radical (unpaired) electrons. The minimum atomic E-state index is -0.884. The van der Waals surface area contributed by atoms with Crippen molar-refractivity contribution in [1.82, 2.24) is 5.32 Å². The third-order valence-electron chi connectivity index (χ3n) is 4.08. The van der Waals surface area contributed by atoms with Crippen LogP contribution in [0.25, 0.3) is 0 Å². The summed E-state index contributed by atoms with van der Waals surface area (Å²) in [4.78, 5) is 37.3. The number of benzene rings is 2. The number of para-hydroxylation sites is 1. The smallest absolute Gasteiger partial charge is 0.329 e. The van der Waals surface area contributed by atoms with Gasteiger partial charge in [0.05, 0.1) is 12.2 Å². The average Bonchev–Trinajstić information content (AvgIpc) is 2.70. The van der Waals surface area contributed by atoms with E-state index in [1.54, 1.807) is 68.4 Å². The van der Waals surface area contributed by atoms with Crippen molar-refractivity contribution >= 4 is 17.7 Å². The maximum atomic E-state index is 12.7. The Morgan fingerprint density at radius 2 is 1.61 bits per heavy atom. The summed E-state index contributed by atoms with van der Waals surface area (Å²) in [6, 6.07) is 14.5. The molecule has 0 saturated carbocycles. The molecule has 0 saturated heterocycles. The highest BCUT2D eigenvalue weighted by atomic mass is 16.5. The minimum absolute atomic E-state index is 0.220. The molecule has 0 unspecified atom stereocenters. The Kier molecular flexibility index (Phi) is 7.75. The standard InChI is InChI=1S/C22H25NO5/c1-4-27-19-13-9-8-12-17(19)21(25)23-20(15(2)3)22(26)28-14-18(24)16-10-6-5-7-11-16/h5-13,15,20H,4,14H2,1-3H3,(H,23,25)/t20-/m0/s1. The van der Waals surface area contributed by atoms with Gasteiger partial charge in [-0.3, -0.25) is 9.59 Å². The van der Waals surface area contributed by atoms with Crippen molar-refractivity contribution in [1.29, 1.82) is 0 Å². The third kappa shape index (κ3) is 5.67. The maximum Gasteiger partial charge on any atom is 0.329 e. The molecule has 2 aromatic rings. The number of Topliss-reactive ketones (excluding diaryl/α,β-unsaturated/α-hetero) is 1. The zero-order valence-corrected chi connectivity index (χ0v) is 16.3. The molecule has 0 aliphatic carbocycles. The van der Waals surface area contributed by atoms with Crippen LogP contribution in [0.3, 0.4) is 0 Å². The summed E-state index contributed by atoms with van der Waals surface area (Å²) in [5.41, 5.74) is 0.800. The van der Waals surface area contributed by atoms with Gasteiger partial charge in [-0.2, -0.15) is 0 Å². The van der Waals surface area contributed by atoms with Gasteiger partial charge in [-0.05, 0) is 25.0 Å². The largest absolute Gasteiger partial charge is 0.493 e. The number of ketones is 1.